The molecule has 0 radical (unpaired) electrons. The van der Waals surface area contributed by atoms with Crippen LogP contribution < -0.4 is 10.5 Å². The fraction of sp³-hybridized carbons (Fsp3) is 0.538. The van der Waals surface area contributed by atoms with Crippen LogP contribution in [0.15, 0.2) is 6.07 Å². The molecular formula is C13H20ClNO. The summed E-state index contributed by atoms with van der Waals surface area (Å²) < 4.78 is 5.67. The van der Waals surface area contributed by atoms with Gasteiger partial charge in [0.05, 0.1) is 11.6 Å². The van der Waals surface area contributed by atoms with Crippen LogP contribution in [-0.4, -0.2) is 13.2 Å². The molecule has 90 valence electrons. The van der Waals surface area contributed by atoms with E-state index in [9.17, 15) is 0 Å². The summed E-state index contributed by atoms with van der Waals surface area (Å²) in [6.07, 6.45) is 1.85. The van der Waals surface area contributed by atoms with Crippen molar-refractivity contribution < 1.29 is 4.74 Å². The molecule has 1 aromatic carbocycles. The standard InChI is InChI=1S/C13H20ClNO/c1-4-7-16-13-10(3)9(2)11(5-6-15)8-12(13)14/h8H,4-7,15H2,1-3H3. The second-order valence-electron chi connectivity index (χ2n) is 3.98. The number of hydrogen-bond acceptors (Lipinski definition) is 2. The monoisotopic (exact) mass is 241 g/mol. The van der Waals surface area contributed by atoms with Gasteiger partial charge in [-0.1, -0.05) is 18.5 Å². The van der Waals surface area contributed by atoms with Crippen LogP contribution >= 0.6 is 11.6 Å². The summed E-state index contributed by atoms with van der Waals surface area (Å²) in [4.78, 5) is 0. The molecule has 0 aliphatic heterocycles. The zero-order valence-corrected chi connectivity index (χ0v) is 11.0. The second kappa shape index (κ2) is 6.12. The summed E-state index contributed by atoms with van der Waals surface area (Å²) in [5.41, 5.74) is 9.16. The Morgan fingerprint density at radius 2 is 2.00 bits per heavy atom. The molecular weight excluding hydrogens is 222 g/mol. The maximum atomic E-state index is 6.21. The summed E-state index contributed by atoms with van der Waals surface area (Å²) in [7, 11) is 0. The largest absolute Gasteiger partial charge is 0.492 e. The van der Waals surface area contributed by atoms with Gasteiger partial charge < -0.3 is 10.5 Å². The fourth-order valence-electron chi connectivity index (χ4n) is 1.71. The first-order chi connectivity index (χ1) is 7.61. The normalized spacial score (nSPS) is 10.6. The predicted octanol–water partition coefficient (Wildman–Crippen LogP) is 3.25. The van der Waals surface area contributed by atoms with Gasteiger partial charge in [-0.05, 0) is 56.0 Å². The molecule has 1 rings (SSSR count). The fourth-order valence-corrected chi connectivity index (χ4v) is 2.04. The van der Waals surface area contributed by atoms with Crippen LogP contribution in [-0.2, 0) is 6.42 Å². The summed E-state index contributed by atoms with van der Waals surface area (Å²) in [5, 5.41) is 0.694. The molecule has 0 atom stereocenters. The molecule has 0 fully saturated rings. The van der Waals surface area contributed by atoms with Crippen molar-refractivity contribution in [2.24, 2.45) is 5.73 Å². The highest BCUT2D eigenvalue weighted by Gasteiger charge is 2.11. The zero-order chi connectivity index (χ0) is 12.1. The van der Waals surface area contributed by atoms with Crippen LogP contribution in [0.5, 0.6) is 5.75 Å². The lowest BCUT2D eigenvalue weighted by molar-refractivity contribution is 0.315. The minimum absolute atomic E-state index is 0.645. The Labute approximate surface area is 103 Å². The molecule has 0 saturated heterocycles. The van der Waals surface area contributed by atoms with E-state index >= 15 is 0 Å². The maximum Gasteiger partial charge on any atom is 0.141 e. The van der Waals surface area contributed by atoms with E-state index in [1.54, 1.807) is 0 Å². The molecule has 0 aliphatic carbocycles. The van der Waals surface area contributed by atoms with Crippen molar-refractivity contribution in [1.82, 2.24) is 0 Å². The molecule has 0 amide bonds. The third-order valence-electron chi connectivity index (χ3n) is 2.77. The first-order valence-corrected chi connectivity index (χ1v) is 6.11. The van der Waals surface area contributed by atoms with Crippen LogP contribution in [0.4, 0.5) is 0 Å². The molecule has 0 unspecified atom stereocenters. The van der Waals surface area contributed by atoms with Crippen molar-refractivity contribution in [2.45, 2.75) is 33.6 Å². The van der Waals surface area contributed by atoms with Gasteiger partial charge in [0.25, 0.3) is 0 Å². The molecule has 0 spiro atoms. The lowest BCUT2D eigenvalue weighted by Gasteiger charge is -2.15. The topological polar surface area (TPSA) is 35.2 Å². The minimum Gasteiger partial charge on any atom is -0.492 e. The number of nitrogens with two attached hydrogens (primary N) is 1. The highest BCUT2D eigenvalue weighted by Crippen LogP contribution is 2.33. The van der Waals surface area contributed by atoms with Gasteiger partial charge in [-0.15, -0.1) is 0 Å². The first-order valence-electron chi connectivity index (χ1n) is 5.73. The Balaban J connectivity index is 3.07. The smallest absolute Gasteiger partial charge is 0.141 e. The van der Waals surface area contributed by atoms with Crippen molar-refractivity contribution >= 4 is 11.6 Å². The molecule has 0 aromatic heterocycles. The van der Waals surface area contributed by atoms with Gasteiger partial charge in [0.2, 0.25) is 0 Å². The summed E-state index contributed by atoms with van der Waals surface area (Å²) >= 11 is 6.21. The quantitative estimate of drug-likeness (QED) is 0.859. The van der Waals surface area contributed by atoms with E-state index in [1.807, 2.05) is 13.0 Å². The van der Waals surface area contributed by atoms with Gasteiger partial charge in [0.15, 0.2) is 0 Å². The molecule has 16 heavy (non-hydrogen) atoms. The van der Waals surface area contributed by atoms with Crippen molar-refractivity contribution in [3.8, 4) is 5.75 Å². The zero-order valence-electron chi connectivity index (χ0n) is 10.3. The lowest BCUT2D eigenvalue weighted by Crippen LogP contribution is -2.06. The van der Waals surface area contributed by atoms with Crippen molar-refractivity contribution in [3.05, 3.63) is 27.8 Å². The van der Waals surface area contributed by atoms with Crippen LogP contribution in [0, 0.1) is 13.8 Å². The number of hydrogen-bond donors (Lipinski definition) is 1. The lowest BCUT2D eigenvalue weighted by atomic mass is 10.00. The number of ether oxygens (including phenoxy) is 1. The molecule has 0 aliphatic rings. The van der Waals surface area contributed by atoms with Gasteiger partial charge in [-0.2, -0.15) is 0 Å². The maximum absolute atomic E-state index is 6.21. The highest BCUT2D eigenvalue weighted by molar-refractivity contribution is 6.32. The second-order valence-corrected chi connectivity index (χ2v) is 4.39. The predicted molar refractivity (Wildman–Crippen MR) is 69.5 cm³/mol. The summed E-state index contributed by atoms with van der Waals surface area (Å²) in [6, 6.07) is 1.97. The van der Waals surface area contributed by atoms with Gasteiger partial charge in [0.1, 0.15) is 5.75 Å². The van der Waals surface area contributed by atoms with E-state index in [1.165, 1.54) is 11.1 Å². The van der Waals surface area contributed by atoms with E-state index in [0.717, 1.165) is 24.2 Å². The van der Waals surface area contributed by atoms with E-state index in [0.29, 0.717) is 18.2 Å². The molecule has 1 aromatic rings. The number of halogens is 1. The molecule has 0 bridgehead atoms. The molecule has 2 N–H and O–H groups in total. The average molecular weight is 242 g/mol. The molecule has 3 heteroatoms. The average Bonchev–Trinajstić information content (AvgIpc) is 2.26. The van der Waals surface area contributed by atoms with Crippen LogP contribution in [0.3, 0.4) is 0 Å². The summed E-state index contributed by atoms with van der Waals surface area (Å²) in [6.45, 7) is 7.57. The highest BCUT2D eigenvalue weighted by atomic mass is 35.5. The van der Waals surface area contributed by atoms with Gasteiger partial charge in [-0.3, -0.25) is 0 Å². The van der Waals surface area contributed by atoms with Crippen LogP contribution in [0.1, 0.15) is 30.0 Å². The Morgan fingerprint density at radius 3 is 2.56 bits per heavy atom. The third-order valence-corrected chi connectivity index (χ3v) is 3.05. The Kier molecular flexibility index (Phi) is 5.10. The Bertz CT molecular complexity index is 363. The van der Waals surface area contributed by atoms with Crippen molar-refractivity contribution in [1.29, 1.82) is 0 Å². The first kappa shape index (κ1) is 13.3. The van der Waals surface area contributed by atoms with Gasteiger partial charge in [-0.25, -0.2) is 0 Å². The Hall–Kier alpha value is -0.730. The van der Waals surface area contributed by atoms with E-state index in [2.05, 4.69) is 13.8 Å². The van der Waals surface area contributed by atoms with Gasteiger partial charge >= 0.3 is 0 Å². The van der Waals surface area contributed by atoms with E-state index in [-0.39, 0.29) is 0 Å². The van der Waals surface area contributed by atoms with Gasteiger partial charge in [0, 0.05) is 0 Å². The third kappa shape index (κ3) is 2.89. The van der Waals surface area contributed by atoms with Crippen molar-refractivity contribution in [3.63, 3.8) is 0 Å². The van der Waals surface area contributed by atoms with Crippen LogP contribution in [0.25, 0.3) is 0 Å². The minimum atomic E-state index is 0.645. The molecule has 2 nitrogen and oxygen atoms in total. The molecule has 0 heterocycles. The molecule has 0 saturated carbocycles. The summed E-state index contributed by atoms with van der Waals surface area (Å²) in [5.74, 6) is 0.821. The Morgan fingerprint density at radius 1 is 1.31 bits per heavy atom. The SMILES string of the molecule is CCCOc1c(Cl)cc(CCN)c(C)c1C. The van der Waals surface area contributed by atoms with E-state index in [4.69, 9.17) is 22.1 Å². The van der Waals surface area contributed by atoms with Crippen LogP contribution in [0.2, 0.25) is 5.02 Å². The van der Waals surface area contributed by atoms with E-state index < -0.39 is 0 Å². The number of rotatable bonds is 5. The van der Waals surface area contributed by atoms with Crippen molar-refractivity contribution in [2.75, 3.05) is 13.2 Å². The number of benzene rings is 1.